The topological polar surface area (TPSA) is 35.2 Å². The molecule has 78 valence electrons. The van der Waals surface area contributed by atoms with Crippen LogP contribution in [0.2, 0.25) is 0 Å². The third-order valence-electron chi connectivity index (χ3n) is 2.06. The van der Waals surface area contributed by atoms with Gasteiger partial charge in [0.25, 0.3) is 0 Å². The molecule has 1 aromatic carbocycles. The highest BCUT2D eigenvalue weighted by molar-refractivity contribution is 5.34. The van der Waals surface area contributed by atoms with E-state index >= 15 is 0 Å². The van der Waals surface area contributed by atoms with Crippen LogP contribution in [0, 0.1) is 5.82 Å². The van der Waals surface area contributed by atoms with Crippen molar-refractivity contribution in [3.63, 3.8) is 0 Å². The zero-order chi connectivity index (χ0) is 10.6. The Kier molecular flexibility index (Phi) is 3.89. The first-order valence-corrected chi connectivity index (χ1v) is 4.82. The average Bonchev–Trinajstić information content (AvgIpc) is 2.20. The lowest BCUT2D eigenvalue weighted by molar-refractivity contribution is 0.227. The fourth-order valence-electron chi connectivity index (χ4n) is 1.20. The van der Waals surface area contributed by atoms with Crippen LogP contribution < -0.4 is 10.5 Å². The van der Waals surface area contributed by atoms with E-state index in [1.54, 1.807) is 6.07 Å². The molecule has 0 saturated carbocycles. The molecular formula is C11H16FNO. The van der Waals surface area contributed by atoms with E-state index in [-0.39, 0.29) is 11.9 Å². The van der Waals surface area contributed by atoms with Crippen molar-refractivity contribution in [2.75, 3.05) is 6.54 Å². The molecule has 0 aliphatic heterocycles. The number of benzene rings is 1. The summed E-state index contributed by atoms with van der Waals surface area (Å²) in [6.45, 7) is 4.32. The van der Waals surface area contributed by atoms with Crippen molar-refractivity contribution in [1.29, 1.82) is 0 Å². The van der Waals surface area contributed by atoms with Gasteiger partial charge in [0.05, 0.1) is 0 Å². The van der Waals surface area contributed by atoms with Crippen molar-refractivity contribution < 1.29 is 9.13 Å². The minimum absolute atomic E-state index is 0.0363. The summed E-state index contributed by atoms with van der Waals surface area (Å²) in [5.41, 5.74) is 6.32. The maximum Gasteiger partial charge on any atom is 0.123 e. The number of rotatable bonds is 4. The van der Waals surface area contributed by atoms with Crippen LogP contribution in [-0.2, 0) is 6.42 Å². The molecule has 0 aliphatic rings. The summed E-state index contributed by atoms with van der Waals surface area (Å²) < 4.78 is 18.4. The molecule has 2 N–H and O–H groups in total. The molecule has 1 unspecified atom stereocenters. The average molecular weight is 197 g/mol. The lowest BCUT2D eigenvalue weighted by atomic mass is 10.1. The van der Waals surface area contributed by atoms with Crippen molar-refractivity contribution in [3.8, 4) is 5.75 Å². The van der Waals surface area contributed by atoms with Gasteiger partial charge in [-0.05, 0) is 37.1 Å². The van der Waals surface area contributed by atoms with E-state index in [2.05, 4.69) is 0 Å². The number of hydrogen-bond acceptors (Lipinski definition) is 2. The molecule has 1 aromatic rings. The van der Waals surface area contributed by atoms with Gasteiger partial charge in [-0.3, -0.25) is 0 Å². The third-order valence-corrected chi connectivity index (χ3v) is 2.06. The Bertz CT molecular complexity index is 301. The molecule has 2 nitrogen and oxygen atoms in total. The van der Waals surface area contributed by atoms with Crippen molar-refractivity contribution in [1.82, 2.24) is 0 Å². The zero-order valence-corrected chi connectivity index (χ0v) is 8.59. The van der Waals surface area contributed by atoms with Crippen LogP contribution in [0.1, 0.15) is 19.4 Å². The van der Waals surface area contributed by atoms with E-state index in [0.717, 1.165) is 17.7 Å². The maximum atomic E-state index is 12.9. The predicted molar refractivity (Wildman–Crippen MR) is 54.9 cm³/mol. The van der Waals surface area contributed by atoms with Gasteiger partial charge in [0.2, 0.25) is 0 Å². The van der Waals surface area contributed by atoms with Crippen molar-refractivity contribution in [2.24, 2.45) is 5.73 Å². The highest BCUT2D eigenvalue weighted by Gasteiger charge is 2.06. The zero-order valence-electron chi connectivity index (χ0n) is 8.59. The van der Waals surface area contributed by atoms with Crippen LogP contribution in [0.3, 0.4) is 0 Å². The Labute approximate surface area is 83.9 Å². The molecule has 0 fully saturated rings. The van der Waals surface area contributed by atoms with E-state index < -0.39 is 0 Å². The quantitative estimate of drug-likeness (QED) is 0.802. The van der Waals surface area contributed by atoms with Crippen LogP contribution in [-0.4, -0.2) is 12.6 Å². The van der Waals surface area contributed by atoms with E-state index in [9.17, 15) is 4.39 Å². The molecular weight excluding hydrogens is 181 g/mol. The lowest BCUT2D eigenvalue weighted by Crippen LogP contribution is -2.23. The Hall–Kier alpha value is -1.09. The summed E-state index contributed by atoms with van der Waals surface area (Å²) in [7, 11) is 0. The van der Waals surface area contributed by atoms with Crippen molar-refractivity contribution in [3.05, 3.63) is 29.6 Å². The maximum absolute atomic E-state index is 12.9. The van der Waals surface area contributed by atoms with Gasteiger partial charge in [-0.25, -0.2) is 4.39 Å². The van der Waals surface area contributed by atoms with E-state index in [1.807, 2.05) is 13.8 Å². The van der Waals surface area contributed by atoms with Gasteiger partial charge >= 0.3 is 0 Å². The van der Waals surface area contributed by atoms with Gasteiger partial charge < -0.3 is 10.5 Å². The van der Waals surface area contributed by atoms with Gasteiger partial charge in [-0.2, -0.15) is 0 Å². The molecule has 0 bridgehead atoms. The fraction of sp³-hybridized carbons (Fsp3) is 0.455. The second-order valence-electron chi connectivity index (χ2n) is 3.27. The van der Waals surface area contributed by atoms with Gasteiger partial charge in [0.1, 0.15) is 17.7 Å². The summed E-state index contributed by atoms with van der Waals surface area (Å²) in [5.74, 6) is 0.501. The highest BCUT2D eigenvalue weighted by Crippen LogP contribution is 2.21. The first kappa shape index (κ1) is 11.0. The molecule has 1 rings (SSSR count). The van der Waals surface area contributed by atoms with E-state index in [1.165, 1.54) is 12.1 Å². The number of nitrogens with two attached hydrogens (primary N) is 1. The minimum Gasteiger partial charge on any atom is -0.489 e. The molecule has 0 amide bonds. The van der Waals surface area contributed by atoms with Crippen LogP contribution in [0.5, 0.6) is 5.75 Å². The van der Waals surface area contributed by atoms with Gasteiger partial charge in [0, 0.05) is 6.54 Å². The number of hydrogen-bond donors (Lipinski definition) is 1. The molecule has 0 aromatic heterocycles. The number of aryl methyl sites for hydroxylation is 1. The predicted octanol–water partition coefficient (Wildman–Crippen LogP) is 2.11. The van der Waals surface area contributed by atoms with Crippen molar-refractivity contribution >= 4 is 0 Å². The SMILES string of the molecule is CCc1cc(F)ccc1OC(C)CN. The summed E-state index contributed by atoms with van der Waals surface area (Å²) in [6, 6.07) is 4.55. The Morgan fingerprint density at radius 1 is 1.50 bits per heavy atom. The Balaban J connectivity index is 2.85. The van der Waals surface area contributed by atoms with Crippen LogP contribution in [0.4, 0.5) is 4.39 Å². The molecule has 0 aliphatic carbocycles. The molecule has 0 saturated heterocycles. The standard InChI is InChI=1S/C11H16FNO/c1-3-9-6-10(12)4-5-11(9)14-8(2)7-13/h4-6,8H,3,7,13H2,1-2H3. The first-order chi connectivity index (χ1) is 6.67. The van der Waals surface area contributed by atoms with E-state index in [0.29, 0.717) is 6.54 Å². The van der Waals surface area contributed by atoms with Gasteiger partial charge in [0.15, 0.2) is 0 Å². The highest BCUT2D eigenvalue weighted by atomic mass is 19.1. The molecule has 0 heterocycles. The number of halogens is 1. The van der Waals surface area contributed by atoms with Crippen LogP contribution >= 0.6 is 0 Å². The molecule has 0 spiro atoms. The first-order valence-electron chi connectivity index (χ1n) is 4.82. The minimum atomic E-state index is -0.227. The van der Waals surface area contributed by atoms with Crippen LogP contribution in [0.15, 0.2) is 18.2 Å². The summed E-state index contributed by atoms with van der Waals surface area (Å²) in [4.78, 5) is 0. The second-order valence-corrected chi connectivity index (χ2v) is 3.27. The number of ether oxygens (including phenoxy) is 1. The third kappa shape index (κ3) is 2.70. The Morgan fingerprint density at radius 2 is 2.21 bits per heavy atom. The normalized spacial score (nSPS) is 12.6. The summed E-state index contributed by atoms with van der Waals surface area (Å²) in [6.07, 6.45) is 0.718. The summed E-state index contributed by atoms with van der Waals surface area (Å²) in [5, 5.41) is 0. The molecule has 0 radical (unpaired) electrons. The lowest BCUT2D eigenvalue weighted by Gasteiger charge is -2.15. The monoisotopic (exact) mass is 197 g/mol. The van der Waals surface area contributed by atoms with Crippen LogP contribution in [0.25, 0.3) is 0 Å². The molecule has 1 atom stereocenters. The molecule has 14 heavy (non-hydrogen) atoms. The van der Waals surface area contributed by atoms with Gasteiger partial charge in [-0.1, -0.05) is 6.92 Å². The van der Waals surface area contributed by atoms with E-state index in [4.69, 9.17) is 10.5 Å². The smallest absolute Gasteiger partial charge is 0.123 e. The summed E-state index contributed by atoms with van der Waals surface area (Å²) >= 11 is 0. The second kappa shape index (κ2) is 4.96. The van der Waals surface area contributed by atoms with Gasteiger partial charge in [-0.15, -0.1) is 0 Å². The fourth-order valence-corrected chi connectivity index (χ4v) is 1.20. The largest absolute Gasteiger partial charge is 0.489 e. The Morgan fingerprint density at radius 3 is 2.79 bits per heavy atom. The van der Waals surface area contributed by atoms with Crippen molar-refractivity contribution in [2.45, 2.75) is 26.4 Å². The molecule has 3 heteroatoms.